The van der Waals surface area contributed by atoms with Crippen LogP contribution in [0.15, 0.2) is 23.9 Å². The SMILES string of the molecule is CC1=Cc2[nH]cc(C)c2CC=C1. The normalized spacial score (nSPS) is 15.3. The van der Waals surface area contributed by atoms with Crippen LogP contribution in [-0.4, -0.2) is 4.98 Å². The molecule has 0 radical (unpaired) electrons. The van der Waals surface area contributed by atoms with E-state index in [-0.39, 0.29) is 0 Å². The fraction of sp³-hybridized carbons (Fsp3) is 0.273. The lowest BCUT2D eigenvalue weighted by Gasteiger charge is -1.94. The maximum absolute atomic E-state index is 3.28. The Morgan fingerprint density at radius 1 is 1.33 bits per heavy atom. The van der Waals surface area contributed by atoms with Gasteiger partial charge in [0.15, 0.2) is 0 Å². The van der Waals surface area contributed by atoms with Gasteiger partial charge < -0.3 is 4.98 Å². The minimum Gasteiger partial charge on any atom is -0.361 e. The Labute approximate surface area is 72.8 Å². The molecule has 1 nitrogen and oxygen atoms in total. The summed E-state index contributed by atoms with van der Waals surface area (Å²) >= 11 is 0. The first-order valence-corrected chi connectivity index (χ1v) is 4.29. The first kappa shape index (κ1) is 7.41. The van der Waals surface area contributed by atoms with E-state index >= 15 is 0 Å². The number of allylic oxidation sites excluding steroid dienone is 3. The number of H-pyrrole nitrogens is 1. The molecule has 0 aromatic carbocycles. The summed E-state index contributed by atoms with van der Waals surface area (Å²) in [5.41, 5.74) is 5.38. The molecule has 0 amide bonds. The topological polar surface area (TPSA) is 15.8 Å². The standard InChI is InChI=1S/C11H13N/c1-8-4-3-5-10-9(2)7-12-11(10)6-8/h3-4,6-7,12H,5H2,1-2H3. The van der Waals surface area contributed by atoms with Crippen LogP contribution in [0, 0.1) is 6.92 Å². The van der Waals surface area contributed by atoms with Crippen LogP contribution in [0.4, 0.5) is 0 Å². The molecule has 0 fully saturated rings. The fourth-order valence-corrected chi connectivity index (χ4v) is 1.61. The quantitative estimate of drug-likeness (QED) is 0.599. The van der Waals surface area contributed by atoms with Crippen molar-refractivity contribution in [3.05, 3.63) is 40.7 Å². The van der Waals surface area contributed by atoms with Crippen molar-refractivity contribution in [2.75, 3.05) is 0 Å². The zero-order valence-electron chi connectivity index (χ0n) is 7.52. The number of rotatable bonds is 0. The molecule has 0 spiro atoms. The predicted octanol–water partition coefficient (Wildman–Crippen LogP) is 2.84. The van der Waals surface area contributed by atoms with Crippen LogP contribution in [0.5, 0.6) is 0 Å². The van der Waals surface area contributed by atoms with Crippen LogP contribution >= 0.6 is 0 Å². The van der Waals surface area contributed by atoms with Gasteiger partial charge in [-0.3, -0.25) is 0 Å². The van der Waals surface area contributed by atoms with E-state index in [0.29, 0.717) is 0 Å². The molecule has 1 aliphatic carbocycles. The Morgan fingerprint density at radius 3 is 3.00 bits per heavy atom. The highest BCUT2D eigenvalue weighted by atomic mass is 14.7. The molecule has 0 saturated heterocycles. The van der Waals surface area contributed by atoms with Gasteiger partial charge in [0.05, 0.1) is 0 Å². The minimum absolute atomic E-state index is 1.05. The number of hydrogen-bond acceptors (Lipinski definition) is 0. The first-order valence-electron chi connectivity index (χ1n) is 4.29. The number of fused-ring (bicyclic) bond motifs is 1. The summed E-state index contributed by atoms with van der Waals surface area (Å²) in [4.78, 5) is 3.28. The monoisotopic (exact) mass is 159 g/mol. The van der Waals surface area contributed by atoms with Crippen LogP contribution in [0.25, 0.3) is 6.08 Å². The van der Waals surface area contributed by atoms with E-state index in [4.69, 9.17) is 0 Å². The zero-order valence-corrected chi connectivity index (χ0v) is 7.52. The molecular formula is C11H13N. The molecule has 1 aromatic heterocycles. The van der Waals surface area contributed by atoms with Crippen LogP contribution in [0.2, 0.25) is 0 Å². The molecule has 1 heteroatoms. The second kappa shape index (κ2) is 2.67. The molecule has 1 aliphatic rings. The molecule has 0 unspecified atom stereocenters. The van der Waals surface area contributed by atoms with E-state index in [1.807, 2.05) is 0 Å². The highest BCUT2D eigenvalue weighted by Gasteiger charge is 2.06. The van der Waals surface area contributed by atoms with Crippen molar-refractivity contribution >= 4 is 6.08 Å². The van der Waals surface area contributed by atoms with E-state index in [2.05, 4.69) is 43.3 Å². The molecule has 0 atom stereocenters. The average molecular weight is 159 g/mol. The lowest BCUT2D eigenvalue weighted by Crippen LogP contribution is -1.83. The molecule has 0 aliphatic heterocycles. The van der Waals surface area contributed by atoms with Gasteiger partial charge in [0, 0.05) is 11.9 Å². The van der Waals surface area contributed by atoms with E-state index in [1.165, 1.54) is 22.4 Å². The second-order valence-electron chi connectivity index (χ2n) is 3.36. The fourth-order valence-electron chi connectivity index (χ4n) is 1.61. The van der Waals surface area contributed by atoms with Crippen molar-refractivity contribution in [2.24, 2.45) is 0 Å². The van der Waals surface area contributed by atoms with Crippen LogP contribution < -0.4 is 0 Å². The Hall–Kier alpha value is -1.24. The van der Waals surface area contributed by atoms with Crippen molar-refractivity contribution in [1.82, 2.24) is 4.98 Å². The largest absolute Gasteiger partial charge is 0.361 e. The average Bonchev–Trinajstić information content (AvgIpc) is 2.31. The summed E-state index contributed by atoms with van der Waals surface area (Å²) in [5.74, 6) is 0. The maximum Gasteiger partial charge on any atom is 0.0421 e. The van der Waals surface area contributed by atoms with E-state index in [1.54, 1.807) is 0 Å². The van der Waals surface area contributed by atoms with Crippen LogP contribution in [0.1, 0.15) is 23.7 Å². The molecule has 1 heterocycles. The number of aromatic amines is 1. The summed E-state index contributed by atoms with van der Waals surface area (Å²) < 4.78 is 0. The van der Waals surface area contributed by atoms with Gasteiger partial charge in [-0.1, -0.05) is 12.2 Å². The summed E-state index contributed by atoms with van der Waals surface area (Å²) in [6.07, 6.45) is 9.73. The number of aryl methyl sites for hydroxylation is 1. The first-order chi connectivity index (χ1) is 5.77. The molecule has 1 N–H and O–H groups in total. The number of hydrogen-bond donors (Lipinski definition) is 1. The molecule has 62 valence electrons. The molecule has 12 heavy (non-hydrogen) atoms. The third kappa shape index (κ3) is 1.11. The maximum atomic E-state index is 3.28. The molecule has 0 saturated carbocycles. The van der Waals surface area contributed by atoms with Gasteiger partial charge in [-0.15, -0.1) is 0 Å². The van der Waals surface area contributed by atoms with Gasteiger partial charge in [-0.05, 0) is 43.0 Å². The third-order valence-electron chi connectivity index (χ3n) is 2.32. The summed E-state index contributed by atoms with van der Waals surface area (Å²) in [7, 11) is 0. The van der Waals surface area contributed by atoms with Gasteiger partial charge in [0.1, 0.15) is 0 Å². The smallest absolute Gasteiger partial charge is 0.0421 e. The van der Waals surface area contributed by atoms with Crippen molar-refractivity contribution in [3.8, 4) is 0 Å². The summed E-state index contributed by atoms with van der Waals surface area (Å²) in [5, 5.41) is 0. The van der Waals surface area contributed by atoms with Crippen molar-refractivity contribution in [2.45, 2.75) is 20.3 Å². The third-order valence-corrected chi connectivity index (χ3v) is 2.32. The van der Waals surface area contributed by atoms with Crippen LogP contribution in [-0.2, 0) is 6.42 Å². The Kier molecular flexibility index (Phi) is 1.65. The van der Waals surface area contributed by atoms with Crippen molar-refractivity contribution < 1.29 is 0 Å². The Balaban J connectivity index is 2.56. The molecule has 1 aromatic rings. The molecule has 0 bridgehead atoms. The summed E-state index contributed by atoms with van der Waals surface area (Å²) in [6, 6.07) is 0. The van der Waals surface area contributed by atoms with E-state index in [9.17, 15) is 0 Å². The van der Waals surface area contributed by atoms with Gasteiger partial charge in [0.2, 0.25) is 0 Å². The minimum atomic E-state index is 1.05. The zero-order chi connectivity index (χ0) is 8.55. The highest BCUT2D eigenvalue weighted by molar-refractivity contribution is 5.59. The van der Waals surface area contributed by atoms with Crippen LogP contribution in [0.3, 0.4) is 0 Å². The lowest BCUT2D eigenvalue weighted by molar-refractivity contribution is 1.23. The van der Waals surface area contributed by atoms with Crippen molar-refractivity contribution in [3.63, 3.8) is 0 Å². The Morgan fingerprint density at radius 2 is 2.17 bits per heavy atom. The van der Waals surface area contributed by atoms with Gasteiger partial charge in [0.25, 0.3) is 0 Å². The van der Waals surface area contributed by atoms with E-state index < -0.39 is 0 Å². The van der Waals surface area contributed by atoms with Crippen molar-refractivity contribution in [1.29, 1.82) is 0 Å². The second-order valence-corrected chi connectivity index (χ2v) is 3.36. The van der Waals surface area contributed by atoms with Gasteiger partial charge in [-0.2, -0.15) is 0 Å². The predicted molar refractivity (Wildman–Crippen MR) is 52.0 cm³/mol. The van der Waals surface area contributed by atoms with Gasteiger partial charge in [-0.25, -0.2) is 0 Å². The highest BCUT2D eigenvalue weighted by Crippen LogP contribution is 2.20. The molecule has 2 rings (SSSR count). The molecular weight excluding hydrogens is 146 g/mol. The number of nitrogens with one attached hydrogen (secondary N) is 1. The Bertz CT molecular complexity index is 353. The number of aromatic nitrogens is 1. The van der Waals surface area contributed by atoms with Gasteiger partial charge >= 0.3 is 0 Å². The van der Waals surface area contributed by atoms with E-state index in [0.717, 1.165) is 6.42 Å². The lowest BCUT2D eigenvalue weighted by atomic mass is 10.1. The summed E-state index contributed by atoms with van der Waals surface area (Å²) in [6.45, 7) is 4.28.